The maximum atomic E-state index is 6.05. The van der Waals surface area contributed by atoms with E-state index in [4.69, 9.17) is 22.1 Å². The first kappa shape index (κ1) is 11.8. The van der Waals surface area contributed by atoms with Gasteiger partial charge in [0.05, 0.1) is 5.02 Å². The molecule has 0 aliphatic carbocycles. The zero-order valence-electron chi connectivity index (χ0n) is 9.83. The second-order valence-corrected chi connectivity index (χ2v) is 4.52. The Morgan fingerprint density at radius 1 is 1.00 bits per heavy atom. The van der Waals surface area contributed by atoms with Crippen LogP contribution in [0, 0.1) is 13.8 Å². The fraction of sp³-hybridized carbons (Fsp3) is 0.143. The van der Waals surface area contributed by atoms with E-state index in [1.165, 1.54) is 0 Å². The van der Waals surface area contributed by atoms with Gasteiger partial charge in [0.2, 0.25) is 0 Å². The first-order chi connectivity index (χ1) is 8.04. The Labute approximate surface area is 106 Å². The van der Waals surface area contributed by atoms with Crippen molar-refractivity contribution >= 4 is 17.3 Å². The van der Waals surface area contributed by atoms with E-state index in [0.717, 1.165) is 16.9 Å². The topological polar surface area (TPSA) is 35.2 Å². The molecule has 3 heteroatoms. The molecule has 0 aliphatic rings. The molecule has 2 N–H and O–H groups in total. The van der Waals surface area contributed by atoms with E-state index >= 15 is 0 Å². The summed E-state index contributed by atoms with van der Waals surface area (Å²) in [7, 11) is 0. The van der Waals surface area contributed by atoms with E-state index in [-0.39, 0.29) is 0 Å². The van der Waals surface area contributed by atoms with Crippen molar-refractivity contribution in [2.75, 3.05) is 5.73 Å². The number of nitrogen functional groups attached to an aromatic ring is 1. The summed E-state index contributed by atoms with van der Waals surface area (Å²) < 4.78 is 5.74. The second kappa shape index (κ2) is 4.68. The van der Waals surface area contributed by atoms with E-state index in [9.17, 15) is 0 Å². The summed E-state index contributed by atoms with van der Waals surface area (Å²) in [5, 5.41) is 0.518. The van der Waals surface area contributed by atoms with Gasteiger partial charge in [-0.1, -0.05) is 17.7 Å². The highest BCUT2D eigenvalue weighted by Crippen LogP contribution is 2.31. The number of anilines is 1. The van der Waals surface area contributed by atoms with Gasteiger partial charge in [0, 0.05) is 5.69 Å². The van der Waals surface area contributed by atoms with Gasteiger partial charge in [-0.2, -0.15) is 0 Å². The smallest absolute Gasteiger partial charge is 0.146 e. The Balaban J connectivity index is 2.31. The molecule has 0 amide bonds. The van der Waals surface area contributed by atoms with E-state index < -0.39 is 0 Å². The molecule has 0 atom stereocenters. The molecule has 2 aromatic carbocycles. The Bertz CT molecular complexity index is 532. The van der Waals surface area contributed by atoms with Crippen molar-refractivity contribution in [2.24, 2.45) is 0 Å². The lowest BCUT2D eigenvalue weighted by Gasteiger charge is -2.09. The zero-order chi connectivity index (χ0) is 12.4. The summed E-state index contributed by atoms with van der Waals surface area (Å²) in [6.45, 7) is 4.06. The monoisotopic (exact) mass is 247 g/mol. The van der Waals surface area contributed by atoms with Crippen molar-refractivity contribution in [3.05, 3.63) is 52.5 Å². The Morgan fingerprint density at radius 3 is 2.24 bits per heavy atom. The third-order valence-electron chi connectivity index (χ3n) is 2.38. The highest BCUT2D eigenvalue weighted by molar-refractivity contribution is 6.32. The molecule has 0 unspecified atom stereocenters. The molecule has 0 fully saturated rings. The van der Waals surface area contributed by atoms with Crippen LogP contribution in [0.2, 0.25) is 5.02 Å². The summed E-state index contributed by atoms with van der Waals surface area (Å²) in [4.78, 5) is 0. The first-order valence-electron chi connectivity index (χ1n) is 5.36. The predicted octanol–water partition coefficient (Wildman–Crippen LogP) is 4.33. The SMILES string of the molecule is Cc1cc(C)cc(Oc2ccc(N)cc2Cl)c1. The van der Waals surface area contributed by atoms with Crippen LogP contribution in [0.1, 0.15) is 11.1 Å². The lowest BCUT2D eigenvalue weighted by atomic mass is 10.1. The zero-order valence-corrected chi connectivity index (χ0v) is 10.6. The Morgan fingerprint density at radius 2 is 1.65 bits per heavy atom. The van der Waals surface area contributed by atoms with Crippen molar-refractivity contribution in [2.45, 2.75) is 13.8 Å². The van der Waals surface area contributed by atoms with Crippen LogP contribution < -0.4 is 10.5 Å². The van der Waals surface area contributed by atoms with Crippen molar-refractivity contribution in [3.8, 4) is 11.5 Å². The molecule has 0 aromatic heterocycles. The summed E-state index contributed by atoms with van der Waals surface area (Å²) in [5.41, 5.74) is 8.57. The van der Waals surface area contributed by atoms with E-state index in [2.05, 4.69) is 6.07 Å². The number of ether oxygens (including phenoxy) is 1. The molecular weight excluding hydrogens is 234 g/mol. The van der Waals surface area contributed by atoms with Gasteiger partial charge in [0.15, 0.2) is 0 Å². The van der Waals surface area contributed by atoms with Crippen LogP contribution in [0.4, 0.5) is 5.69 Å². The maximum Gasteiger partial charge on any atom is 0.146 e. The number of benzene rings is 2. The molecule has 0 saturated heterocycles. The van der Waals surface area contributed by atoms with Crippen LogP contribution in [0.15, 0.2) is 36.4 Å². The highest BCUT2D eigenvalue weighted by Gasteiger charge is 2.04. The highest BCUT2D eigenvalue weighted by atomic mass is 35.5. The number of halogens is 1. The lowest BCUT2D eigenvalue weighted by Crippen LogP contribution is -1.89. The average Bonchev–Trinajstić information content (AvgIpc) is 2.21. The molecule has 2 rings (SSSR count). The van der Waals surface area contributed by atoms with Crippen LogP contribution in [0.25, 0.3) is 0 Å². The van der Waals surface area contributed by atoms with Crippen LogP contribution in [0.3, 0.4) is 0 Å². The second-order valence-electron chi connectivity index (χ2n) is 4.12. The third-order valence-corrected chi connectivity index (χ3v) is 2.67. The molecule has 0 heterocycles. The standard InChI is InChI=1S/C14H14ClNO/c1-9-5-10(2)7-12(6-9)17-14-4-3-11(16)8-13(14)15/h3-8H,16H2,1-2H3. The van der Waals surface area contributed by atoms with Crippen LogP contribution >= 0.6 is 11.6 Å². The van der Waals surface area contributed by atoms with Gasteiger partial charge in [-0.15, -0.1) is 0 Å². The minimum absolute atomic E-state index is 0.518. The van der Waals surface area contributed by atoms with Crippen molar-refractivity contribution < 1.29 is 4.74 Å². The lowest BCUT2D eigenvalue weighted by molar-refractivity contribution is 0.482. The van der Waals surface area contributed by atoms with Gasteiger partial charge in [0.25, 0.3) is 0 Å². The number of aryl methyl sites for hydroxylation is 2. The van der Waals surface area contributed by atoms with E-state index in [1.807, 2.05) is 26.0 Å². The predicted molar refractivity (Wildman–Crippen MR) is 71.9 cm³/mol. The fourth-order valence-corrected chi connectivity index (χ4v) is 1.95. The molecule has 17 heavy (non-hydrogen) atoms. The number of rotatable bonds is 2. The third kappa shape index (κ3) is 2.92. The molecule has 0 radical (unpaired) electrons. The quantitative estimate of drug-likeness (QED) is 0.802. The largest absolute Gasteiger partial charge is 0.456 e. The normalized spacial score (nSPS) is 10.3. The minimum atomic E-state index is 0.518. The number of nitrogens with two attached hydrogens (primary N) is 1. The molecule has 2 nitrogen and oxygen atoms in total. The van der Waals surface area contributed by atoms with Crippen LogP contribution in [-0.2, 0) is 0 Å². The number of hydrogen-bond donors (Lipinski definition) is 1. The molecule has 88 valence electrons. The van der Waals surface area contributed by atoms with Gasteiger partial charge in [-0.05, 0) is 55.3 Å². The van der Waals surface area contributed by atoms with Crippen LogP contribution in [0.5, 0.6) is 11.5 Å². The summed E-state index contributed by atoms with van der Waals surface area (Å²) in [6.07, 6.45) is 0. The minimum Gasteiger partial charge on any atom is -0.456 e. The molecule has 0 spiro atoms. The average molecular weight is 248 g/mol. The summed E-state index contributed by atoms with van der Waals surface area (Å²) in [5.74, 6) is 1.40. The van der Waals surface area contributed by atoms with Crippen LogP contribution in [-0.4, -0.2) is 0 Å². The Hall–Kier alpha value is -1.67. The van der Waals surface area contributed by atoms with Gasteiger partial charge in [-0.25, -0.2) is 0 Å². The summed E-state index contributed by atoms with van der Waals surface area (Å²) in [6, 6.07) is 11.3. The fourth-order valence-electron chi connectivity index (χ4n) is 1.72. The molecule has 0 aliphatic heterocycles. The van der Waals surface area contributed by atoms with Gasteiger partial charge in [-0.3, -0.25) is 0 Å². The van der Waals surface area contributed by atoms with E-state index in [1.54, 1.807) is 18.2 Å². The van der Waals surface area contributed by atoms with Crippen molar-refractivity contribution in [1.29, 1.82) is 0 Å². The van der Waals surface area contributed by atoms with Crippen molar-refractivity contribution in [1.82, 2.24) is 0 Å². The number of hydrogen-bond acceptors (Lipinski definition) is 2. The first-order valence-corrected chi connectivity index (χ1v) is 5.73. The molecule has 0 saturated carbocycles. The van der Waals surface area contributed by atoms with E-state index in [0.29, 0.717) is 16.5 Å². The van der Waals surface area contributed by atoms with Gasteiger partial charge >= 0.3 is 0 Å². The molecule has 2 aromatic rings. The van der Waals surface area contributed by atoms with Gasteiger partial charge in [0.1, 0.15) is 11.5 Å². The Kier molecular flexibility index (Phi) is 3.25. The molecule has 0 bridgehead atoms. The maximum absolute atomic E-state index is 6.05. The summed E-state index contributed by atoms with van der Waals surface area (Å²) >= 11 is 6.05. The van der Waals surface area contributed by atoms with Crippen molar-refractivity contribution in [3.63, 3.8) is 0 Å². The molecular formula is C14H14ClNO. The van der Waals surface area contributed by atoms with Gasteiger partial charge < -0.3 is 10.5 Å².